The van der Waals surface area contributed by atoms with Gasteiger partial charge >= 0.3 is 12.1 Å². The number of urea groups is 1. The van der Waals surface area contributed by atoms with Gasteiger partial charge in [0.1, 0.15) is 12.6 Å². The number of hydrogen-bond acceptors (Lipinski definition) is 6. The predicted octanol–water partition coefficient (Wildman–Crippen LogP) is 0.301. The molecule has 10 nitrogen and oxygen atoms in total. The molecule has 1 rings (SSSR count). The molecule has 1 heterocycles. The second-order valence-corrected chi connectivity index (χ2v) is 7.73. The van der Waals surface area contributed by atoms with Gasteiger partial charge in [0.2, 0.25) is 5.91 Å². The molecule has 0 aromatic carbocycles. The van der Waals surface area contributed by atoms with Crippen molar-refractivity contribution in [3.8, 4) is 0 Å². The fourth-order valence-corrected chi connectivity index (χ4v) is 2.97. The largest absolute Gasteiger partial charge is 0.447 e. The highest BCUT2D eigenvalue weighted by Crippen LogP contribution is 2.20. The van der Waals surface area contributed by atoms with E-state index in [9.17, 15) is 24.6 Å². The number of amides is 4. The molecule has 0 aromatic rings. The van der Waals surface area contributed by atoms with Gasteiger partial charge in [-0.2, -0.15) is 0 Å². The highest BCUT2D eigenvalue weighted by molar-refractivity contribution is 5.89. The normalized spacial score (nSPS) is 18.5. The number of likely N-dealkylation sites (tertiary alicyclic amines) is 1. The zero-order valence-corrected chi connectivity index (χ0v) is 17.6. The summed E-state index contributed by atoms with van der Waals surface area (Å²) < 4.78 is 5.13. The Morgan fingerprint density at radius 1 is 1.17 bits per heavy atom. The molecule has 1 fully saturated rings. The Morgan fingerprint density at radius 2 is 1.83 bits per heavy atom. The monoisotopic (exact) mass is 414 g/mol. The maximum atomic E-state index is 12.7. The van der Waals surface area contributed by atoms with Crippen LogP contribution < -0.4 is 16.0 Å². The highest BCUT2D eigenvalue weighted by atomic mass is 16.5. The van der Waals surface area contributed by atoms with Crippen molar-refractivity contribution >= 4 is 18.0 Å². The van der Waals surface area contributed by atoms with Crippen LogP contribution in [0.1, 0.15) is 40.5 Å². The van der Waals surface area contributed by atoms with E-state index in [1.165, 1.54) is 11.0 Å². The molecule has 1 aliphatic heterocycles. The van der Waals surface area contributed by atoms with E-state index in [0.29, 0.717) is 19.4 Å². The number of hydrogen-bond donors (Lipinski definition) is 5. The molecule has 1 saturated heterocycles. The van der Waals surface area contributed by atoms with Crippen molar-refractivity contribution in [2.75, 3.05) is 13.2 Å². The first-order valence-electron chi connectivity index (χ1n) is 9.86. The van der Waals surface area contributed by atoms with Crippen LogP contribution in [-0.4, -0.2) is 76.8 Å². The molecule has 29 heavy (non-hydrogen) atoms. The lowest BCUT2D eigenvalue weighted by Gasteiger charge is -2.29. The zero-order chi connectivity index (χ0) is 22.1. The van der Waals surface area contributed by atoms with Gasteiger partial charge in [-0.3, -0.25) is 4.79 Å². The molecular weight excluding hydrogens is 380 g/mol. The van der Waals surface area contributed by atoms with E-state index in [2.05, 4.69) is 22.5 Å². The van der Waals surface area contributed by atoms with E-state index < -0.39 is 42.4 Å². The van der Waals surface area contributed by atoms with Crippen molar-refractivity contribution in [2.45, 2.75) is 71.0 Å². The van der Waals surface area contributed by atoms with Crippen LogP contribution in [0.25, 0.3) is 0 Å². The molecule has 3 atom stereocenters. The minimum Gasteiger partial charge on any atom is -0.447 e. The third-order valence-electron chi connectivity index (χ3n) is 4.64. The Labute approximate surface area is 171 Å². The van der Waals surface area contributed by atoms with Gasteiger partial charge in [-0.25, -0.2) is 9.59 Å². The summed E-state index contributed by atoms with van der Waals surface area (Å²) in [5, 5.41) is 26.7. The van der Waals surface area contributed by atoms with Gasteiger partial charge in [0.15, 0.2) is 6.29 Å². The maximum absolute atomic E-state index is 12.7. The van der Waals surface area contributed by atoms with Crippen LogP contribution in [0.4, 0.5) is 9.59 Å². The second kappa shape index (κ2) is 11.6. The highest BCUT2D eigenvalue weighted by Gasteiger charge is 2.36. The smallest absolute Gasteiger partial charge is 0.407 e. The van der Waals surface area contributed by atoms with E-state index in [1.54, 1.807) is 13.8 Å². The molecule has 1 aliphatic rings. The van der Waals surface area contributed by atoms with Gasteiger partial charge in [0.25, 0.3) is 0 Å². The van der Waals surface area contributed by atoms with Crippen LogP contribution in [0, 0.1) is 5.92 Å². The lowest BCUT2D eigenvalue weighted by atomic mass is 10.1. The molecule has 0 radical (unpaired) electrons. The van der Waals surface area contributed by atoms with E-state index in [4.69, 9.17) is 4.74 Å². The van der Waals surface area contributed by atoms with E-state index in [-0.39, 0.29) is 18.6 Å². The van der Waals surface area contributed by atoms with Crippen molar-refractivity contribution in [1.29, 1.82) is 0 Å². The number of carbonyl (C=O) groups excluding carboxylic acids is 3. The quantitative estimate of drug-likeness (QED) is 0.272. The Morgan fingerprint density at radius 3 is 2.34 bits per heavy atom. The van der Waals surface area contributed by atoms with Crippen molar-refractivity contribution in [3.05, 3.63) is 12.7 Å². The summed E-state index contributed by atoms with van der Waals surface area (Å²) in [6.07, 6.45) is 0.202. The van der Waals surface area contributed by atoms with Crippen LogP contribution in [0.15, 0.2) is 12.7 Å². The van der Waals surface area contributed by atoms with Crippen molar-refractivity contribution in [2.24, 2.45) is 5.92 Å². The average Bonchev–Trinajstić information content (AvgIpc) is 3.11. The molecule has 0 aliphatic carbocycles. The van der Waals surface area contributed by atoms with Gasteiger partial charge in [0, 0.05) is 12.6 Å². The van der Waals surface area contributed by atoms with E-state index in [0.717, 1.165) is 0 Å². The first kappa shape index (κ1) is 24.7. The molecule has 0 aromatic heterocycles. The minimum atomic E-state index is -1.64. The van der Waals surface area contributed by atoms with Crippen LogP contribution in [0.2, 0.25) is 0 Å². The summed E-state index contributed by atoms with van der Waals surface area (Å²) in [5.74, 6) is -0.489. The minimum absolute atomic E-state index is 0.0265. The van der Waals surface area contributed by atoms with Crippen molar-refractivity contribution in [1.82, 2.24) is 20.9 Å². The first-order chi connectivity index (χ1) is 13.6. The lowest BCUT2D eigenvalue weighted by molar-refractivity contribution is -0.143. The van der Waals surface area contributed by atoms with Crippen molar-refractivity contribution in [3.63, 3.8) is 0 Å². The number of nitrogens with zero attached hydrogens (tertiary/aromatic N) is 1. The molecule has 5 N–H and O–H groups in total. The number of nitrogens with one attached hydrogen (secondary N) is 3. The Balaban J connectivity index is 2.64. The lowest BCUT2D eigenvalue weighted by Crippen LogP contribution is -2.55. The fourth-order valence-electron chi connectivity index (χ4n) is 2.97. The molecular formula is C19H34N4O6. The third kappa shape index (κ3) is 7.90. The number of aliphatic hydroxyl groups excluding tert-OH is 1. The topological polar surface area (TPSA) is 140 Å². The fraction of sp³-hybridized carbons (Fsp3) is 0.737. The van der Waals surface area contributed by atoms with Gasteiger partial charge in [0.05, 0.1) is 12.1 Å². The Bertz CT molecular complexity index is 581. The number of carbonyl (C=O) groups is 3. The third-order valence-corrected chi connectivity index (χ3v) is 4.64. The molecule has 0 saturated carbocycles. The molecule has 10 heteroatoms. The first-order valence-corrected chi connectivity index (χ1v) is 9.86. The maximum Gasteiger partial charge on any atom is 0.407 e. The van der Waals surface area contributed by atoms with E-state index >= 15 is 0 Å². The van der Waals surface area contributed by atoms with Crippen LogP contribution in [0.3, 0.4) is 0 Å². The number of alkyl carbamates (subject to hydrolysis) is 1. The van der Waals surface area contributed by atoms with E-state index in [1.807, 2.05) is 13.8 Å². The second-order valence-electron chi connectivity index (χ2n) is 7.73. The number of aliphatic hydroxyl groups is 2. The van der Waals surface area contributed by atoms with Gasteiger partial charge in [-0.1, -0.05) is 19.9 Å². The van der Waals surface area contributed by atoms with Crippen LogP contribution in [-0.2, 0) is 9.53 Å². The SMILES string of the molecule is C=C[C@H](NC(=O)N[C@H](COC(=O)NC(C)C)C(C)C)C(=O)N1CCC[C@H]1C(O)O. The zero-order valence-electron chi connectivity index (χ0n) is 17.6. The molecule has 166 valence electrons. The Hall–Kier alpha value is -2.33. The number of rotatable bonds is 9. The Kier molecular flexibility index (Phi) is 9.90. The number of ether oxygens (including phenoxy) is 1. The predicted molar refractivity (Wildman–Crippen MR) is 107 cm³/mol. The van der Waals surface area contributed by atoms with Gasteiger partial charge < -0.3 is 35.8 Å². The summed E-state index contributed by atoms with van der Waals surface area (Å²) in [7, 11) is 0. The summed E-state index contributed by atoms with van der Waals surface area (Å²) in [4.78, 5) is 38.1. The summed E-state index contributed by atoms with van der Waals surface area (Å²) in [6, 6.07) is -2.87. The molecule has 0 spiro atoms. The standard InChI is InChI=1S/C19H34N4O6/c1-6-13(16(24)23-9-7-8-15(23)17(25)26)21-18(27)22-14(11(2)3)10-29-19(28)20-12(4)5/h6,11-15,17,25-26H,1,7-10H2,2-5H3,(H,20,28)(H2,21,22,27)/t13-,14+,15-/m0/s1. The van der Waals surface area contributed by atoms with Crippen LogP contribution >= 0.6 is 0 Å². The molecule has 0 bridgehead atoms. The molecule has 0 unspecified atom stereocenters. The summed E-state index contributed by atoms with van der Waals surface area (Å²) in [6.45, 7) is 11.3. The average molecular weight is 415 g/mol. The van der Waals surface area contributed by atoms with Gasteiger partial charge in [-0.15, -0.1) is 6.58 Å². The summed E-state index contributed by atoms with van der Waals surface area (Å²) >= 11 is 0. The molecule has 4 amide bonds. The van der Waals surface area contributed by atoms with Gasteiger partial charge in [-0.05, 0) is 32.6 Å². The van der Waals surface area contributed by atoms with Crippen LogP contribution in [0.5, 0.6) is 0 Å². The summed E-state index contributed by atoms with van der Waals surface area (Å²) in [5.41, 5.74) is 0. The van der Waals surface area contributed by atoms with Crippen molar-refractivity contribution < 1.29 is 29.3 Å².